The van der Waals surface area contributed by atoms with Crippen molar-refractivity contribution in [1.29, 1.82) is 0 Å². The van der Waals surface area contributed by atoms with Gasteiger partial charge in [-0.05, 0) is 43.0 Å². The van der Waals surface area contributed by atoms with E-state index in [1.807, 2.05) is 38.1 Å². The summed E-state index contributed by atoms with van der Waals surface area (Å²) >= 11 is 1.48. The number of carbonyl (C=O) groups excluding carboxylic acids is 2. The molecule has 168 valence electrons. The Kier molecular flexibility index (Phi) is 10.6. The van der Waals surface area contributed by atoms with Gasteiger partial charge in [-0.15, -0.1) is 11.8 Å². The summed E-state index contributed by atoms with van der Waals surface area (Å²) in [6.45, 7) is 7.06. The maximum absolute atomic E-state index is 13.2. The van der Waals surface area contributed by atoms with Crippen LogP contribution in [0.4, 0.5) is 4.39 Å². The highest BCUT2D eigenvalue weighted by molar-refractivity contribution is 7.99. The molecular formula is C25H33FN2O2S. The molecule has 0 radical (unpaired) electrons. The van der Waals surface area contributed by atoms with Gasteiger partial charge >= 0.3 is 0 Å². The molecule has 0 fully saturated rings. The molecule has 1 N–H and O–H groups in total. The van der Waals surface area contributed by atoms with Crippen LogP contribution in [0.1, 0.15) is 49.8 Å². The second-order valence-corrected chi connectivity index (χ2v) is 8.68. The standard InChI is InChI=1S/C25H33FN2O2S/c1-4-6-15-27-25(30)23(5-2)28(16-20-9-7-19(3)8-10-20)24(29)18-31-17-21-11-13-22(26)14-12-21/h7-14,23H,4-6,15-18H2,1-3H3,(H,27,30)/t23-/m0/s1. The van der Waals surface area contributed by atoms with Crippen molar-refractivity contribution in [2.75, 3.05) is 12.3 Å². The van der Waals surface area contributed by atoms with Gasteiger partial charge in [-0.2, -0.15) is 0 Å². The van der Waals surface area contributed by atoms with Gasteiger partial charge in [0.2, 0.25) is 11.8 Å². The number of benzene rings is 2. The van der Waals surface area contributed by atoms with Crippen LogP contribution in [0.15, 0.2) is 48.5 Å². The van der Waals surface area contributed by atoms with Crippen LogP contribution in [0.2, 0.25) is 0 Å². The third kappa shape index (κ3) is 8.37. The molecule has 0 heterocycles. The second kappa shape index (κ2) is 13.2. The van der Waals surface area contributed by atoms with Crippen molar-refractivity contribution in [1.82, 2.24) is 10.2 Å². The number of amides is 2. The van der Waals surface area contributed by atoms with E-state index in [1.165, 1.54) is 23.9 Å². The zero-order chi connectivity index (χ0) is 22.6. The largest absolute Gasteiger partial charge is 0.354 e. The zero-order valence-electron chi connectivity index (χ0n) is 18.7. The highest BCUT2D eigenvalue weighted by Gasteiger charge is 2.28. The van der Waals surface area contributed by atoms with Crippen molar-refractivity contribution in [3.8, 4) is 0 Å². The maximum Gasteiger partial charge on any atom is 0.242 e. The number of hydrogen-bond acceptors (Lipinski definition) is 3. The fourth-order valence-electron chi connectivity index (χ4n) is 3.24. The Bertz CT molecular complexity index is 824. The third-order valence-corrected chi connectivity index (χ3v) is 6.09. The minimum atomic E-state index is -0.503. The molecule has 0 aromatic heterocycles. The number of halogens is 1. The number of hydrogen-bond donors (Lipinski definition) is 1. The van der Waals surface area contributed by atoms with E-state index in [2.05, 4.69) is 12.2 Å². The molecule has 2 amide bonds. The Morgan fingerprint density at radius 3 is 2.29 bits per heavy atom. The molecule has 0 aliphatic heterocycles. The van der Waals surface area contributed by atoms with E-state index < -0.39 is 6.04 Å². The fraction of sp³-hybridized carbons (Fsp3) is 0.440. The SMILES string of the molecule is CCCCNC(=O)[C@H](CC)N(Cc1ccc(C)cc1)C(=O)CSCc1ccc(F)cc1. The molecule has 0 spiro atoms. The molecule has 0 saturated carbocycles. The molecule has 0 aliphatic rings. The van der Waals surface area contributed by atoms with Crippen LogP contribution >= 0.6 is 11.8 Å². The lowest BCUT2D eigenvalue weighted by Crippen LogP contribution is -2.49. The zero-order valence-corrected chi connectivity index (χ0v) is 19.5. The van der Waals surface area contributed by atoms with Gasteiger partial charge in [-0.25, -0.2) is 4.39 Å². The first-order valence-corrected chi connectivity index (χ1v) is 12.0. The van der Waals surface area contributed by atoms with Gasteiger partial charge in [-0.3, -0.25) is 9.59 Å². The molecule has 2 aromatic rings. The molecule has 31 heavy (non-hydrogen) atoms. The van der Waals surface area contributed by atoms with Gasteiger partial charge in [0.1, 0.15) is 11.9 Å². The van der Waals surface area contributed by atoms with E-state index in [4.69, 9.17) is 0 Å². The molecule has 0 aliphatic carbocycles. The van der Waals surface area contributed by atoms with Gasteiger partial charge in [0.25, 0.3) is 0 Å². The summed E-state index contributed by atoms with van der Waals surface area (Å²) in [5, 5.41) is 2.98. The molecule has 0 saturated heterocycles. The monoisotopic (exact) mass is 444 g/mol. The normalized spacial score (nSPS) is 11.7. The van der Waals surface area contributed by atoms with Gasteiger partial charge in [0.05, 0.1) is 5.75 Å². The van der Waals surface area contributed by atoms with Gasteiger partial charge < -0.3 is 10.2 Å². The van der Waals surface area contributed by atoms with Crippen LogP contribution in [0.3, 0.4) is 0 Å². The lowest BCUT2D eigenvalue weighted by Gasteiger charge is -2.30. The smallest absolute Gasteiger partial charge is 0.242 e. The molecule has 0 unspecified atom stereocenters. The van der Waals surface area contributed by atoms with E-state index >= 15 is 0 Å². The first-order valence-electron chi connectivity index (χ1n) is 10.9. The summed E-state index contributed by atoms with van der Waals surface area (Å²) in [4.78, 5) is 27.7. The van der Waals surface area contributed by atoms with Crippen molar-refractivity contribution in [3.05, 3.63) is 71.0 Å². The van der Waals surface area contributed by atoms with E-state index in [9.17, 15) is 14.0 Å². The van der Waals surface area contributed by atoms with Crippen molar-refractivity contribution < 1.29 is 14.0 Å². The average Bonchev–Trinajstić information content (AvgIpc) is 2.76. The quantitative estimate of drug-likeness (QED) is 0.464. The second-order valence-electron chi connectivity index (χ2n) is 7.70. The summed E-state index contributed by atoms with van der Waals surface area (Å²) in [6.07, 6.45) is 2.48. The van der Waals surface area contributed by atoms with Crippen LogP contribution in [-0.2, 0) is 21.9 Å². The molecule has 2 rings (SSSR count). The van der Waals surface area contributed by atoms with E-state index in [1.54, 1.807) is 17.0 Å². The number of aryl methyl sites for hydroxylation is 1. The van der Waals surface area contributed by atoms with Crippen LogP contribution in [0.5, 0.6) is 0 Å². The molecule has 2 aromatic carbocycles. The highest BCUT2D eigenvalue weighted by atomic mass is 32.2. The van der Waals surface area contributed by atoms with Gasteiger partial charge in [-0.1, -0.05) is 62.2 Å². The summed E-state index contributed by atoms with van der Waals surface area (Å²) in [7, 11) is 0. The molecule has 0 bridgehead atoms. The lowest BCUT2D eigenvalue weighted by atomic mass is 10.1. The van der Waals surface area contributed by atoms with Crippen molar-refractivity contribution >= 4 is 23.6 Å². The van der Waals surface area contributed by atoms with Crippen molar-refractivity contribution in [2.45, 2.75) is 58.4 Å². The van der Waals surface area contributed by atoms with E-state index in [0.717, 1.165) is 29.5 Å². The first kappa shape index (κ1) is 24.9. The highest BCUT2D eigenvalue weighted by Crippen LogP contribution is 2.18. The van der Waals surface area contributed by atoms with Crippen molar-refractivity contribution in [2.24, 2.45) is 0 Å². The number of carbonyl (C=O) groups is 2. The minimum absolute atomic E-state index is 0.0646. The lowest BCUT2D eigenvalue weighted by molar-refractivity contribution is -0.139. The Labute approximate surface area is 189 Å². The Balaban J connectivity index is 2.08. The Morgan fingerprint density at radius 2 is 1.68 bits per heavy atom. The van der Waals surface area contributed by atoms with Crippen LogP contribution in [0.25, 0.3) is 0 Å². The predicted molar refractivity (Wildman–Crippen MR) is 126 cm³/mol. The van der Waals surface area contributed by atoms with Crippen LogP contribution < -0.4 is 5.32 Å². The fourth-order valence-corrected chi connectivity index (χ4v) is 4.11. The summed E-state index contributed by atoms with van der Waals surface area (Å²) in [6, 6.07) is 13.8. The van der Waals surface area contributed by atoms with E-state index in [-0.39, 0.29) is 23.4 Å². The van der Waals surface area contributed by atoms with Crippen molar-refractivity contribution in [3.63, 3.8) is 0 Å². The topological polar surface area (TPSA) is 49.4 Å². The maximum atomic E-state index is 13.2. The molecule has 4 nitrogen and oxygen atoms in total. The summed E-state index contributed by atoms with van der Waals surface area (Å²) in [5.41, 5.74) is 3.12. The Hall–Kier alpha value is -2.34. The Morgan fingerprint density at radius 1 is 1.03 bits per heavy atom. The average molecular weight is 445 g/mol. The van der Waals surface area contributed by atoms with Crippen LogP contribution in [0, 0.1) is 12.7 Å². The number of rotatable bonds is 12. The van der Waals surface area contributed by atoms with E-state index in [0.29, 0.717) is 25.3 Å². The van der Waals surface area contributed by atoms with Crippen LogP contribution in [-0.4, -0.2) is 35.1 Å². The molecule has 6 heteroatoms. The summed E-state index contributed by atoms with van der Waals surface area (Å²) < 4.78 is 13.1. The number of unbranched alkanes of at least 4 members (excludes halogenated alkanes) is 1. The minimum Gasteiger partial charge on any atom is -0.354 e. The number of nitrogens with one attached hydrogen (secondary N) is 1. The third-order valence-electron chi connectivity index (χ3n) is 5.10. The number of nitrogens with zero attached hydrogens (tertiary/aromatic N) is 1. The van der Waals surface area contributed by atoms with Gasteiger partial charge in [0.15, 0.2) is 0 Å². The number of thioether (sulfide) groups is 1. The summed E-state index contributed by atoms with van der Waals surface area (Å²) in [5.74, 6) is 0.449. The predicted octanol–water partition coefficient (Wildman–Crippen LogP) is 5.09. The molecule has 1 atom stereocenters. The molecular weight excluding hydrogens is 411 g/mol. The first-order chi connectivity index (χ1) is 14.9. The van der Waals surface area contributed by atoms with Gasteiger partial charge in [0, 0.05) is 18.8 Å².